The second-order valence-electron chi connectivity index (χ2n) is 6.45. The van der Waals surface area contributed by atoms with Crippen molar-refractivity contribution in [1.29, 1.82) is 0 Å². The van der Waals surface area contributed by atoms with E-state index in [4.69, 9.17) is 4.42 Å². The van der Waals surface area contributed by atoms with Gasteiger partial charge in [0.05, 0.1) is 5.52 Å². The summed E-state index contributed by atoms with van der Waals surface area (Å²) in [5.41, 5.74) is 1.86. The zero-order chi connectivity index (χ0) is 16.4. The number of carbonyl (C=O) groups is 1. The fourth-order valence-electron chi connectivity index (χ4n) is 3.25. The fourth-order valence-corrected chi connectivity index (χ4v) is 3.25. The Kier molecular flexibility index (Phi) is 4.52. The van der Waals surface area contributed by atoms with Crippen LogP contribution >= 0.6 is 0 Å². The van der Waals surface area contributed by atoms with E-state index in [1.807, 2.05) is 0 Å². The second-order valence-corrected chi connectivity index (χ2v) is 6.45. The number of nitrogens with one attached hydrogen (secondary N) is 2. The van der Waals surface area contributed by atoms with E-state index in [9.17, 15) is 9.59 Å². The average molecular weight is 317 g/mol. The number of hydrogen-bond acceptors (Lipinski definition) is 4. The van der Waals surface area contributed by atoms with Gasteiger partial charge in [0, 0.05) is 25.2 Å². The molecule has 0 radical (unpaired) electrons. The molecule has 6 heteroatoms. The molecule has 2 aromatic rings. The summed E-state index contributed by atoms with van der Waals surface area (Å²) in [6.07, 6.45) is 2.87. The number of hydrogen-bond donors (Lipinski definition) is 2. The smallest absolute Gasteiger partial charge is 0.408 e. The van der Waals surface area contributed by atoms with Crippen LogP contribution in [0.5, 0.6) is 0 Å². The monoisotopic (exact) mass is 317 g/mol. The number of rotatable bonds is 4. The first-order valence-electron chi connectivity index (χ1n) is 8.15. The molecular weight excluding hydrogens is 294 g/mol. The summed E-state index contributed by atoms with van der Waals surface area (Å²) in [5.74, 6) is 0.507. The van der Waals surface area contributed by atoms with Crippen LogP contribution in [0, 0.1) is 11.8 Å². The van der Waals surface area contributed by atoms with Crippen LogP contribution in [0.15, 0.2) is 27.4 Å². The van der Waals surface area contributed by atoms with Crippen molar-refractivity contribution in [3.8, 4) is 0 Å². The summed E-state index contributed by atoms with van der Waals surface area (Å²) >= 11 is 0. The molecule has 2 N–H and O–H groups in total. The fraction of sp³-hybridized carbons (Fsp3) is 0.529. The van der Waals surface area contributed by atoms with Gasteiger partial charge in [-0.15, -0.1) is 0 Å². The van der Waals surface area contributed by atoms with Gasteiger partial charge in [0.15, 0.2) is 5.58 Å². The molecule has 3 rings (SSSR count). The lowest BCUT2D eigenvalue weighted by Gasteiger charge is -2.28. The first-order valence-corrected chi connectivity index (χ1v) is 8.15. The molecule has 2 heterocycles. The number of aryl methyl sites for hydroxylation is 1. The number of carbonyl (C=O) groups excluding carboxylic acids is 1. The summed E-state index contributed by atoms with van der Waals surface area (Å²) in [6.45, 7) is 4.21. The third-order valence-corrected chi connectivity index (χ3v) is 4.72. The predicted octanol–water partition coefficient (Wildman–Crippen LogP) is 2.10. The van der Waals surface area contributed by atoms with E-state index < -0.39 is 5.76 Å². The number of aromatic nitrogens is 1. The summed E-state index contributed by atoms with van der Waals surface area (Å²) < 4.78 is 6.59. The van der Waals surface area contributed by atoms with Crippen molar-refractivity contribution in [3.05, 3.63) is 28.7 Å². The lowest BCUT2D eigenvalue weighted by Crippen LogP contribution is -2.34. The second kappa shape index (κ2) is 6.58. The van der Waals surface area contributed by atoms with Gasteiger partial charge in [0.1, 0.15) is 0 Å². The summed E-state index contributed by atoms with van der Waals surface area (Å²) in [4.78, 5) is 23.7. The molecule has 2 unspecified atom stereocenters. The van der Waals surface area contributed by atoms with E-state index in [2.05, 4.69) is 17.6 Å². The van der Waals surface area contributed by atoms with Crippen molar-refractivity contribution >= 4 is 22.7 Å². The Bertz CT molecular complexity index is 756. The summed E-state index contributed by atoms with van der Waals surface area (Å²) in [5, 5.41) is 6.29. The molecule has 1 aliphatic heterocycles. The molecule has 124 valence electrons. The quantitative estimate of drug-likeness (QED) is 0.905. The highest BCUT2D eigenvalue weighted by Crippen LogP contribution is 2.23. The van der Waals surface area contributed by atoms with E-state index in [1.54, 1.807) is 25.2 Å². The Morgan fingerprint density at radius 1 is 1.52 bits per heavy atom. The van der Waals surface area contributed by atoms with E-state index >= 15 is 0 Å². The van der Waals surface area contributed by atoms with Crippen LogP contribution < -0.4 is 16.4 Å². The predicted molar refractivity (Wildman–Crippen MR) is 89.5 cm³/mol. The number of fused-ring (bicyclic) bond motifs is 1. The molecular formula is C17H23N3O3. The normalized spacial score (nSPS) is 19.7. The van der Waals surface area contributed by atoms with Crippen molar-refractivity contribution in [2.75, 3.05) is 18.4 Å². The number of anilines is 1. The molecule has 1 fully saturated rings. The molecule has 0 aliphatic carbocycles. The molecule has 1 amide bonds. The number of amides is 1. The summed E-state index contributed by atoms with van der Waals surface area (Å²) in [6, 6.07) is 5.27. The third-order valence-electron chi connectivity index (χ3n) is 4.72. The first kappa shape index (κ1) is 15.8. The number of piperidine rings is 1. The maximum Gasteiger partial charge on any atom is 0.419 e. The van der Waals surface area contributed by atoms with Crippen molar-refractivity contribution in [1.82, 2.24) is 9.88 Å². The van der Waals surface area contributed by atoms with Gasteiger partial charge in [-0.1, -0.05) is 6.92 Å². The highest BCUT2D eigenvalue weighted by Gasteiger charge is 2.22. The topological polar surface area (TPSA) is 76.3 Å². The SMILES string of the molecule is CC(CC(=O)Nc1ccc2c(c1)oc(=O)n2C)C1CCCNC1. The van der Waals surface area contributed by atoms with Crippen molar-refractivity contribution in [3.63, 3.8) is 0 Å². The largest absolute Gasteiger partial charge is 0.419 e. The Morgan fingerprint density at radius 3 is 3.09 bits per heavy atom. The van der Waals surface area contributed by atoms with Crippen molar-refractivity contribution < 1.29 is 9.21 Å². The number of benzene rings is 1. The van der Waals surface area contributed by atoms with Crippen LogP contribution in [-0.4, -0.2) is 23.6 Å². The van der Waals surface area contributed by atoms with E-state index in [-0.39, 0.29) is 5.91 Å². The summed E-state index contributed by atoms with van der Waals surface area (Å²) in [7, 11) is 1.66. The van der Waals surface area contributed by atoms with Gasteiger partial charge in [0.2, 0.25) is 5.91 Å². The Morgan fingerprint density at radius 2 is 2.35 bits per heavy atom. The highest BCUT2D eigenvalue weighted by atomic mass is 16.4. The van der Waals surface area contributed by atoms with Gasteiger partial charge in [-0.05, 0) is 49.9 Å². The lowest BCUT2D eigenvalue weighted by atomic mass is 9.85. The van der Waals surface area contributed by atoms with Crippen molar-refractivity contribution in [2.45, 2.75) is 26.2 Å². The minimum atomic E-state index is -0.401. The third kappa shape index (κ3) is 3.47. The molecule has 0 bridgehead atoms. The zero-order valence-corrected chi connectivity index (χ0v) is 13.6. The van der Waals surface area contributed by atoms with Crippen LogP contribution in [0.4, 0.5) is 5.69 Å². The maximum absolute atomic E-state index is 12.2. The van der Waals surface area contributed by atoms with E-state index in [0.29, 0.717) is 29.5 Å². The molecule has 6 nitrogen and oxygen atoms in total. The number of oxazole rings is 1. The lowest BCUT2D eigenvalue weighted by molar-refractivity contribution is -0.117. The molecule has 0 saturated carbocycles. The van der Waals surface area contributed by atoms with Crippen LogP contribution in [-0.2, 0) is 11.8 Å². The standard InChI is InChI=1S/C17H23N3O3/c1-11(12-4-3-7-18-10-12)8-16(21)19-13-5-6-14-15(9-13)23-17(22)20(14)2/h5-6,9,11-12,18H,3-4,7-8,10H2,1-2H3,(H,19,21). The minimum Gasteiger partial charge on any atom is -0.408 e. The van der Waals surface area contributed by atoms with Gasteiger partial charge < -0.3 is 15.1 Å². The highest BCUT2D eigenvalue weighted by molar-refractivity contribution is 5.92. The Labute approximate surface area is 134 Å². The molecule has 23 heavy (non-hydrogen) atoms. The van der Waals surface area contributed by atoms with Crippen LogP contribution in [0.1, 0.15) is 26.2 Å². The molecule has 0 spiro atoms. The van der Waals surface area contributed by atoms with Crippen LogP contribution in [0.2, 0.25) is 0 Å². The van der Waals surface area contributed by atoms with E-state index in [1.165, 1.54) is 17.4 Å². The van der Waals surface area contributed by atoms with Gasteiger partial charge in [-0.25, -0.2) is 4.79 Å². The van der Waals surface area contributed by atoms with Gasteiger partial charge in [-0.3, -0.25) is 9.36 Å². The molecule has 1 saturated heterocycles. The Balaban J connectivity index is 1.64. The Hall–Kier alpha value is -2.08. The number of nitrogens with zero attached hydrogens (tertiary/aromatic N) is 1. The van der Waals surface area contributed by atoms with Crippen molar-refractivity contribution in [2.24, 2.45) is 18.9 Å². The van der Waals surface area contributed by atoms with Gasteiger partial charge in [0.25, 0.3) is 0 Å². The average Bonchev–Trinajstić information content (AvgIpc) is 2.82. The molecule has 2 atom stereocenters. The zero-order valence-electron chi connectivity index (χ0n) is 13.6. The van der Waals surface area contributed by atoms with Crippen LogP contribution in [0.3, 0.4) is 0 Å². The van der Waals surface area contributed by atoms with Crippen LogP contribution in [0.25, 0.3) is 11.1 Å². The molecule has 1 aliphatic rings. The molecule has 1 aromatic heterocycles. The minimum absolute atomic E-state index is 0.000650. The molecule has 1 aromatic carbocycles. The first-order chi connectivity index (χ1) is 11.0. The van der Waals surface area contributed by atoms with Gasteiger partial charge in [-0.2, -0.15) is 0 Å². The van der Waals surface area contributed by atoms with E-state index in [0.717, 1.165) is 18.6 Å². The van der Waals surface area contributed by atoms with Gasteiger partial charge >= 0.3 is 5.76 Å². The maximum atomic E-state index is 12.2.